The Labute approximate surface area is 141 Å². The van der Waals surface area contributed by atoms with E-state index >= 15 is 0 Å². The maximum atomic E-state index is 11.4. The van der Waals surface area contributed by atoms with Crippen LogP contribution in [0.4, 0.5) is 0 Å². The molecule has 0 saturated heterocycles. The number of hydrogen-bond donors (Lipinski definition) is 2. The minimum absolute atomic E-state index is 0.201. The van der Waals surface area contributed by atoms with E-state index in [0.29, 0.717) is 0 Å². The number of aryl methyl sites for hydroxylation is 1. The van der Waals surface area contributed by atoms with Gasteiger partial charge in [0.25, 0.3) is 0 Å². The van der Waals surface area contributed by atoms with Gasteiger partial charge in [0.05, 0.1) is 5.30 Å². The van der Waals surface area contributed by atoms with Crippen LogP contribution in [0.2, 0.25) is 0 Å². The summed E-state index contributed by atoms with van der Waals surface area (Å²) in [7, 11) is -4.14. The molecule has 1 aromatic carbocycles. The highest BCUT2D eigenvalue weighted by Crippen LogP contribution is 2.34. The minimum atomic E-state index is -4.14. The molecule has 23 heavy (non-hydrogen) atoms. The summed E-state index contributed by atoms with van der Waals surface area (Å²) in [6.45, 7) is 2.25. The van der Waals surface area contributed by atoms with Crippen molar-refractivity contribution in [3.8, 4) is 0 Å². The van der Waals surface area contributed by atoms with Crippen molar-refractivity contribution >= 4 is 12.9 Å². The SMILES string of the molecule is CCCCCCCCCCCCCc1ccccc1P(=O)(O)O. The molecule has 0 aromatic heterocycles. The van der Waals surface area contributed by atoms with Gasteiger partial charge in [-0.25, -0.2) is 0 Å². The Morgan fingerprint density at radius 2 is 1.26 bits per heavy atom. The first kappa shape index (κ1) is 20.4. The number of unbranched alkanes of at least 4 members (excludes halogenated alkanes) is 10. The third-order valence-electron chi connectivity index (χ3n) is 4.36. The average Bonchev–Trinajstić information content (AvgIpc) is 2.52. The maximum Gasteiger partial charge on any atom is 0.356 e. The molecule has 0 fully saturated rings. The van der Waals surface area contributed by atoms with Crippen molar-refractivity contribution in [1.82, 2.24) is 0 Å². The second-order valence-electron chi connectivity index (χ2n) is 6.46. The van der Waals surface area contributed by atoms with Crippen LogP contribution in [0, 0.1) is 0 Å². The average molecular weight is 340 g/mol. The van der Waals surface area contributed by atoms with Gasteiger partial charge in [0.15, 0.2) is 0 Å². The summed E-state index contributed by atoms with van der Waals surface area (Å²) in [5.41, 5.74) is 0.803. The van der Waals surface area contributed by atoms with Crippen LogP contribution in [0.1, 0.15) is 83.1 Å². The van der Waals surface area contributed by atoms with Crippen LogP contribution in [0.25, 0.3) is 0 Å². The zero-order chi connectivity index (χ0) is 17.0. The molecule has 0 aliphatic rings. The van der Waals surface area contributed by atoms with Crippen molar-refractivity contribution in [1.29, 1.82) is 0 Å². The molecule has 0 aliphatic heterocycles. The van der Waals surface area contributed by atoms with Crippen molar-refractivity contribution in [2.24, 2.45) is 0 Å². The smallest absolute Gasteiger partial charge is 0.321 e. The van der Waals surface area contributed by atoms with E-state index in [0.717, 1.165) is 24.8 Å². The Morgan fingerprint density at radius 1 is 0.783 bits per heavy atom. The lowest BCUT2D eigenvalue weighted by molar-refractivity contribution is 0.387. The monoisotopic (exact) mass is 340 g/mol. The van der Waals surface area contributed by atoms with Gasteiger partial charge in [-0.1, -0.05) is 89.3 Å². The molecular formula is C19H33O3P. The Bertz CT molecular complexity index is 467. The Kier molecular flexibility index (Phi) is 10.5. The van der Waals surface area contributed by atoms with Crippen molar-refractivity contribution < 1.29 is 14.4 Å². The summed E-state index contributed by atoms with van der Waals surface area (Å²) in [6.07, 6.45) is 14.9. The largest absolute Gasteiger partial charge is 0.356 e. The maximum absolute atomic E-state index is 11.4. The molecule has 3 nitrogen and oxygen atoms in total. The molecule has 0 bridgehead atoms. The Balaban J connectivity index is 2.09. The Hall–Kier alpha value is -0.630. The van der Waals surface area contributed by atoms with E-state index < -0.39 is 7.60 Å². The van der Waals surface area contributed by atoms with E-state index in [2.05, 4.69) is 6.92 Å². The second kappa shape index (κ2) is 11.8. The van der Waals surface area contributed by atoms with Crippen LogP contribution in [0.15, 0.2) is 24.3 Å². The number of benzene rings is 1. The summed E-state index contributed by atoms with van der Waals surface area (Å²) < 4.78 is 11.4. The lowest BCUT2D eigenvalue weighted by Crippen LogP contribution is -2.10. The van der Waals surface area contributed by atoms with Crippen LogP contribution >= 0.6 is 7.60 Å². The summed E-state index contributed by atoms with van der Waals surface area (Å²) >= 11 is 0. The first-order valence-electron chi connectivity index (χ1n) is 9.19. The van der Waals surface area contributed by atoms with Crippen molar-refractivity contribution in [2.75, 3.05) is 0 Å². The highest BCUT2D eigenvalue weighted by Gasteiger charge is 2.20. The molecule has 0 unspecified atom stereocenters. The van der Waals surface area contributed by atoms with Crippen molar-refractivity contribution in [3.05, 3.63) is 29.8 Å². The standard InChI is InChI=1S/C19H33O3P/c1-2-3-4-5-6-7-8-9-10-11-12-15-18-16-13-14-17-19(18)23(20,21)22/h13-14,16-17H,2-12,15H2,1H3,(H2,20,21,22). The van der Waals surface area contributed by atoms with E-state index in [4.69, 9.17) is 0 Å². The first-order chi connectivity index (χ1) is 11.1. The molecule has 4 heteroatoms. The highest BCUT2D eigenvalue weighted by atomic mass is 31.2. The van der Waals surface area contributed by atoms with Crippen molar-refractivity contribution in [3.63, 3.8) is 0 Å². The summed E-state index contributed by atoms with van der Waals surface area (Å²) in [6, 6.07) is 6.94. The molecule has 0 heterocycles. The first-order valence-corrected chi connectivity index (χ1v) is 10.8. The highest BCUT2D eigenvalue weighted by molar-refractivity contribution is 7.60. The molecule has 1 aromatic rings. The van der Waals surface area contributed by atoms with Gasteiger partial charge in [0, 0.05) is 0 Å². The summed E-state index contributed by atoms with van der Waals surface area (Å²) in [5, 5.41) is 0.201. The van der Waals surface area contributed by atoms with Crippen LogP contribution < -0.4 is 5.30 Å². The number of rotatable bonds is 13. The molecule has 2 N–H and O–H groups in total. The summed E-state index contributed by atoms with van der Waals surface area (Å²) in [4.78, 5) is 18.7. The van der Waals surface area contributed by atoms with Gasteiger partial charge < -0.3 is 9.79 Å². The molecule has 0 radical (unpaired) electrons. The zero-order valence-corrected chi connectivity index (χ0v) is 15.4. The molecule has 0 saturated carbocycles. The van der Waals surface area contributed by atoms with Crippen LogP contribution in [0.3, 0.4) is 0 Å². The predicted octanol–water partition coefficient (Wildman–Crippen LogP) is 5.34. The molecular weight excluding hydrogens is 307 g/mol. The Morgan fingerprint density at radius 3 is 1.78 bits per heavy atom. The molecule has 0 atom stereocenters. The predicted molar refractivity (Wildman–Crippen MR) is 98.3 cm³/mol. The van der Waals surface area contributed by atoms with Gasteiger partial charge in [0.1, 0.15) is 0 Å². The third-order valence-corrected chi connectivity index (χ3v) is 5.42. The summed E-state index contributed by atoms with van der Waals surface area (Å²) in [5.74, 6) is 0. The van der Waals surface area contributed by atoms with E-state index in [-0.39, 0.29) is 5.30 Å². The fourth-order valence-corrected chi connectivity index (χ4v) is 3.83. The van der Waals surface area contributed by atoms with E-state index in [1.54, 1.807) is 12.1 Å². The van der Waals surface area contributed by atoms with E-state index in [1.165, 1.54) is 57.8 Å². The van der Waals surface area contributed by atoms with Crippen molar-refractivity contribution in [2.45, 2.75) is 84.0 Å². The van der Waals surface area contributed by atoms with Crippen LogP contribution in [-0.4, -0.2) is 9.79 Å². The van der Waals surface area contributed by atoms with Gasteiger partial charge in [-0.2, -0.15) is 0 Å². The van der Waals surface area contributed by atoms with Gasteiger partial charge in [-0.3, -0.25) is 4.57 Å². The molecule has 0 spiro atoms. The molecule has 1 rings (SSSR count). The molecule has 0 aliphatic carbocycles. The van der Waals surface area contributed by atoms with E-state index in [1.807, 2.05) is 12.1 Å². The topological polar surface area (TPSA) is 57.5 Å². The van der Waals surface area contributed by atoms with Gasteiger partial charge in [0.2, 0.25) is 0 Å². The van der Waals surface area contributed by atoms with Crippen LogP contribution in [0.5, 0.6) is 0 Å². The van der Waals surface area contributed by atoms with Gasteiger partial charge in [-0.15, -0.1) is 0 Å². The molecule has 0 amide bonds. The molecule has 132 valence electrons. The lowest BCUT2D eigenvalue weighted by Gasteiger charge is -2.10. The second-order valence-corrected chi connectivity index (χ2v) is 8.03. The fourth-order valence-electron chi connectivity index (χ4n) is 2.99. The zero-order valence-electron chi connectivity index (χ0n) is 14.5. The normalized spacial score (nSPS) is 11.8. The van der Waals surface area contributed by atoms with Gasteiger partial charge in [-0.05, 0) is 24.5 Å². The van der Waals surface area contributed by atoms with E-state index in [9.17, 15) is 14.4 Å². The fraction of sp³-hybridized carbons (Fsp3) is 0.684. The third kappa shape index (κ3) is 9.30. The van der Waals surface area contributed by atoms with Gasteiger partial charge >= 0.3 is 7.60 Å². The van der Waals surface area contributed by atoms with Crippen LogP contribution in [-0.2, 0) is 11.0 Å². The lowest BCUT2D eigenvalue weighted by atomic mass is 10.0. The number of hydrogen-bond acceptors (Lipinski definition) is 1. The minimum Gasteiger partial charge on any atom is -0.321 e. The quantitative estimate of drug-likeness (QED) is 0.376.